The number of rotatable bonds is 9. The summed E-state index contributed by atoms with van der Waals surface area (Å²) in [6, 6.07) is 7.04. The van der Waals surface area contributed by atoms with Gasteiger partial charge in [0.1, 0.15) is 0 Å². The van der Waals surface area contributed by atoms with Gasteiger partial charge in [0.2, 0.25) is 5.91 Å². The number of hydrogen-bond acceptors (Lipinski definition) is 4. The summed E-state index contributed by atoms with van der Waals surface area (Å²) in [5, 5.41) is 0. The highest BCUT2D eigenvalue weighted by atomic mass is 16.5. The maximum absolute atomic E-state index is 11.6. The molecule has 0 heterocycles. The van der Waals surface area contributed by atoms with Gasteiger partial charge < -0.3 is 9.47 Å². The van der Waals surface area contributed by atoms with Crippen LogP contribution in [0.1, 0.15) is 39.0 Å². The Labute approximate surface area is 131 Å². The van der Waals surface area contributed by atoms with E-state index in [1.807, 2.05) is 6.07 Å². The molecule has 0 aromatic heterocycles. The molecule has 1 aromatic carbocycles. The smallest absolute Gasteiger partial charge is 0.276 e. The van der Waals surface area contributed by atoms with Gasteiger partial charge in [-0.1, -0.05) is 38.3 Å². The molecule has 2 amide bonds. The Morgan fingerprint density at radius 2 is 1.68 bits per heavy atom. The number of para-hydroxylation sites is 2. The average molecular weight is 308 g/mol. The van der Waals surface area contributed by atoms with Crippen molar-refractivity contribution in [2.45, 2.75) is 39.0 Å². The third kappa shape index (κ3) is 6.97. The first kappa shape index (κ1) is 17.8. The lowest BCUT2D eigenvalue weighted by atomic mass is 10.1. The fourth-order valence-electron chi connectivity index (χ4n) is 1.83. The van der Waals surface area contributed by atoms with Crippen LogP contribution in [0.2, 0.25) is 0 Å². The molecule has 0 saturated carbocycles. The topological polar surface area (TPSA) is 76.7 Å². The third-order valence-electron chi connectivity index (χ3n) is 3.03. The van der Waals surface area contributed by atoms with Crippen molar-refractivity contribution in [2.75, 3.05) is 13.7 Å². The molecule has 0 aliphatic carbocycles. The molecule has 0 atom stereocenters. The number of amides is 2. The summed E-state index contributed by atoms with van der Waals surface area (Å²) in [4.78, 5) is 23.1. The second-order valence-electron chi connectivity index (χ2n) is 4.85. The molecule has 122 valence electrons. The normalized spacial score (nSPS) is 9.91. The summed E-state index contributed by atoms with van der Waals surface area (Å²) >= 11 is 0. The number of methoxy groups -OCH3 is 1. The van der Waals surface area contributed by atoms with Crippen molar-refractivity contribution in [1.29, 1.82) is 0 Å². The standard InChI is InChI=1S/C16H24N2O4/c1-3-4-5-6-11-15(19)17-18-16(20)12-22-14-10-8-7-9-13(14)21-2/h7-10H,3-6,11-12H2,1-2H3,(H,17,19)(H,18,20). The first-order valence-electron chi connectivity index (χ1n) is 7.50. The predicted octanol–water partition coefficient (Wildman–Crippen LogP) is 2.19. The van der Waals surface area contributed by atoms with Crippen LogP contribution in [0.15, 0.2) is 24.3 Å². The molecule has 0 radical (unpaired) electrons. The van der Waals surface area contributed by atoms with Crippen LogP contribution in [0.4, 0.5) is 0 Å². The van der Waals surface area contributed by atoms with Gasteiger partial charge in [-0.15, -0.1) is 0 Å². The van der Waals surface area contributed by atoms with Crippen LogP contribution < -0.4 is 20.3 Å². The first-order valence-corrected chi connectivity index (χ1v) is 7.50. The van der Waals surface area contributed by atoms with E-state index in [1.165, 1.54) is 7.11 Å². The number of carbonyl (C=O) groups is 2. The molecule has 0 aliphatic heterocycles. The van der Waals surface area contributed by atoms with E-state index >= 15 is 0 Å². The summed E-state index contributed by atoms with van der Waals surface area (Å²) in [5.74, 6) is 0.413. The van der Waals surface area contributed by atoms with Crippen molar-refractivity contribution in [3.63, 3.8) is 0 Å². The molecule has 0 unspecified atom stereocenters. The van der Waals surface area contributed by atoms with Crippen LogP contribution in [-0.2, 0) is 9.59 Å². The number of unbranched alkanes of at least 4 members (excludes halogenated alkanes) is 3. The number of carbonyl (C=O) groups excluding carboxylic acids is 2. The molecule has 22 heavy (non-hydrogen) atoms. The quantitative estimate of drug-likeness (QED) is 0.541. The first-order chi connectivity index (χ1) is 10.7. The van der Waals surface area contributed by atoms with Gasteiger partial charge in [0.05, 0.1) is 7.11 Å². The molecule has 6 heteroatoms. The van der Waals surface area contributed by atoms with Gasteiger partial charge in [-0.3, -0.25) is 20.4 Å². The molecule has 1 aromatic rings. The highest BCUT2D eigenvalue weighted by molar-refractivity contribution is 5.82. The molecular weight excluding hydrogens is 284 g/mol. The molecule has 1 rings (SSSR count). The van der Waals surface area contributed by atoms with E-state index < -0.39 is 5.91 Å². The van der Waals surface area contributed by atoms with E-state index in [9.17, 15) is 9.59 Å². The Hall–Kier alpha value is -2.24. The monoisotopic (exact) mass is 308 g/mol. The number of benzene rings is 1. The van der Waals surface area contributed by atoms with Gasteiger partial charge in [-0.2, -0.15) is 0 Å². The predicted molar refractivity (Wildman–Crippen MR) is 83.5 cm³/mol. The lowest BCUT2D eigenvalue weighted by Crippen LogP contribution is -2.43. The molecule has 0 spiro atoms. The van der Waals surface area contributed by atoms with Crippen molar-refractivity contribution < 1.29 is 19.1 Å². The van der Waals surface area contributed by atoms with Crippen LogP contribution in [0.5, 0.6) is 11.5 Å². The fourth-order valence-corrected chi connectivity index (χ4v) is 1.83. The Kier molecular flexibility index (Phi) is 8.49. The SMILES string of the molecule is CCCCCCC(=O)NNC(=O)COc1ccccc1OC. The minimum Gasteiger partial charge on any atom is -0.493 e. The summed E-state index contributed by atoms with van der Waals surface area (Å²) in [6.07, 6.45) is 4.50. The van der Waals surface area contributed by atoms with Crippen molar-refractivity contribution in [2.24, 2.45) is 0 Å². The van der Waals surface area contributed by atoms with Crippen LogP contribution >= 0.6 is 0 Å². The molecule has 0 saturated heterocycles. The highest BCUT2D eigenvalue weighted by Gasteiger charge is 2.08. The summed E-state index contributed by atoms with van der Waals surface area (Å²) in [5.41, 5.74) is 4.70. The average Bonchev–Trinajstić information content (AvgIpc) is 2.55. The lowest BCUT2D eigenvalue weighted by molar-refractivity contribution is -0.130. The van der Waals surface area contributed by atoms with Crippen LogP contribution in [0, 0.1) is 0 Å². The third-order valence-corrected chi connectivity index (χ3v) is 3.03. The summed E-state index contributed by atoms with van der Waals surface area (Å²) < 4.78 is 10.5. The van der Waals surface area contributed by atoms with Crippen molar-refractivity contribution in [3.8, 4) is 11.5 Å². The zero-order chi connectivity index (χ0) is 16.2. The Morgan fingerprint density at radius 3 is 2.36 bits per heavy atom. The van der Waals surface area contributed by atoms with Gasteiger partial charge in [0, 0.05) is 6.42 Å². The Morgan fingerprint density at radius 1 is 1.00 bits per heavy atom. The van der Waals surface area contributed by atoms with Gasteiger partial charge in [-0.05, 0) is 18.6 Å². The van der Waals surface area contributed by atoms with E-state index in [2.05, 4.69) is 17.8 Å². The number of hydrogen-bond donors (Lipinski definition) is 2. The maximum Gasteiger partial charge on any atom is 0.276 e. The van der Waals surface area contributed by atoms with Crippen LogP contribution in [0.3, 0.4) is 0 Å². The van der Waals surface area contributed by atoms with E-state index in [0.717, 1.165) is 25.7 Å². The molecular formula is C16H24N2O4. The zero-order valence-electron chi connectivity index (χ0n) is 13.2. The Balaban J connectivity index is 2.22. The van der Waals surface area contributed by atoms with Crippen molar-refractivity contribution >= 4 is 11.8 Å². The van der Waals surface area contributed by atoms with Gasteiger partial charge >= 0.3 is 0 Å². The summed E-state index contributed by atoms with van der Waals surface area (Å²) in [7, 11) is 1.53. The van der Waals surface area contributed by atoms with E-state index in [4.69, 9.17) is 9.47 Å². The van der Waals surface area contributed by atoms with Gasteiger partial charge in [0.25, 0.3) is 5.91 Å². The van der Waals surface area contributed by atoms with Crippen molar-refractivity contribution in [1.82, 2.24) is 10.9 Å². The summed E-state index contributed by atoms with van der Waals surface area (Å²) in [6.45, 7) is 1.92. The van der Waals surface area contributed by atoms with Crippen molar-refractivity contribution in [3.05, 3.63) is 24.3 Å². The molecule has 0 fully saturated rings. The zero-order valence-corrected chi connectivity index (χ0v) is 13.2. The molecule has 2 N–H and O–H groups in total. The second-order valence-corrected chi connectivity index (χ2v) is 4.85. The minimum atomic E-state index is -0.423. The molecule has 0 bridgehead atoms. The van der Waals surface area contributed by atoms with Gasteiger partial charge in [-0.25, -0.2) is 0 Å². The largest absolute Gasteiger partial charge is 0.493 e. The number of ether oxygens (including phenoxy) is 2. The lowest BCUT2D eigenvalue weighted by Gasteiger charge is -2.11. The van der Waals surface area contributed by atoms with Crippen LogP contribution in [-0.4, -0.2) is 25.5 Å². The van der Waals surface area contributed by atoms with Crippen LogP contribution in [0.25, 0.3) is 0 Å². The Bertz CT molecular complexity index is 477. The fraction of sp³-hybridized carbons (Fsp3) is 0.500. The number of hydrazine groups is 1. The second kappa shape index (κ2) is 10.5. The van der Waals surface area contributed by atoms with E-state index in [-0.39, 0.29) is 12.5 Å². The maximum atomic E-state index is 11.6. The molecule has 0 aliphatic rings. The highest BCUT2D eigenvalue weighted by Crippen LogP contribution is 2.25. The minimum absolute atomic E-state index is 0.193. The molecule has 6 nitrogen and oxygen atoms in total. The van der Waals surface area contributed by atoms with Gasteiger partial charge in [0.15, 0.2) is 18.1 Å². The van der Waals surface area contributed by atoms with E-state index in [1.54, 1.807) is 18.2 Å². The van der Waals surface area contributed by atoms with E-state index in [0.29, 0.717) is 17.9 Å². The number of nitrogens with one attached hydrogen (secondary N) is 2.